The monoisotopic (exact) mass is 373 g/mol. The van der Waals surface area contributed by atoms with E-state index in [0.717, 1.165) is 0 Å². The van der Waals surface area contributed by atoms with Gasteiger partial charge in [0.15, 0.2) is 0 Å². The lowest BCUT2D eigenvalue weighted by molar-refractivity contribution is 0.592. The van der Waals surface area contributed by atoms with Gasteiger partial charge in [0, 0.05) is 24.5 Å². The zero-order valence-corrected chi connectivity index (χ0v) is 13.5. The molecule has 1 aromatic carbocycles. The number of pyridine rings is 1. The Bertz CT molecular complexity index is 781. The lowest BCUT2D eigenvalue weighted by Gasteiger charge is -2.12. The fourth-order valence-electron chi connectivity index (χ4n) is 1.77. The van der Waals surface area contributed by atoms with Crippen molar-refractivity contribution >= 4 is 31.6 Å². The van der Waals surface area contributed by atoms with Crippen LogP contribution >= 0.6 is 15.9 Å². The van der Waals surface area contributed by atoms with Crippen molar-refractivity contribution in [3.8, 4) is 0 Å². The molecule has 0 bridgehead atoms. The highest BCUT2D eigenvalue weighted by Crippen LogP contribution is 2.25. The summed E-state index contributed by atoms with van der Waals surface area (Å²) >= 11 is 3.21. The van der Waals surface area contributed by atoms with Crippen LogP contribution < -0.4 is 10.5 Å². The summed E-state index contributed by atoms with van der Waals surface area (Å²) in [5.41, 5.74) is 6.17. The molecular weight excluding hydrogens is 361 g/mol. The van der Waals surface area contributed by atoms with E-state index < -0.39 is 15.8 Å². The van der Waals surface area contributed by atoms with Crippen molar-refractivity contribution in [2.45, 2.75) is 18.4 Å². The Balaban J connectivity index is 2.45. The van der Waals surface area contributed by atoms with E-state index in [1.807, 2.05) is 0 Å². The molecule has 0 saturated heterocycles. The van der Waals surface area contributed by atoms with Gasteiger partial charge in [-0.05, 0) is 46.6 Å². The van der Waals surface area contributed by atoms with Crippen molar-refractivity contribution in [1.82, 2.24) is 4.98 Å². The fraction of sp³-hybridized carbons (Fsp3) is 0.154. The van der Waals surface area contributed by atoms with Gasteiger partial charge in [0.2, 0.25) is 0 Å². The van der Waals surface area contributed by atoms with Gasteiger partial charge in [-0.3, -0.25) is 9.71 Å². The average molecular weight is 374 g/mol. The molecule has 0 aliphatic carbocycles. The van der Waals surface area contributed by atoms with Gasteiger partial charge in [-0.15, -0.1) is 0 Å². The van der Waals surface area contributed by atoms with Gasteiger partial charge >= 0.3 is 0 Å². The first kappa shape index (κ1) is 15.9. The van der Waals surface area contributed by atoms with Crippen LogP contribution in [0.2, 0.25) is 0 Å². The maximum atomic E-state index is 13.8. The number of rotatable bonds is 4. The molecule has 3 N–H and O–H groups in total. The molecule has 8 heteroatoms. The summed E-state index contributed by atoms with van der Waals surface area (Å²) in [4.78, 5) is 3.82. The third kappa shape index (κ3) is 3.39. The lowest BCUT2D eigenvalue weighted by Crippen LogP contribution is -2.15. The number of hydrogen-bond donors (Lipinski definition) is 2. The second-order valence-electron chi connectivity index (χ2n) is 4.38. The fourth-order valence-corrected chi connectivity index (χ4v) is 3.47. The first-order chi connectivity index (χ1) is 9.85. The molecule has 5 nitrogen and oxygen atoms in total. The number of benzene rings is 1. The Hall–Kier alpha value is -1.51. The van der Waals surface area contributed by atoms with E-state index in [0.29, 0.717) is 10.2 Å². The van der Waals surface area contributed by atoms with Gasteiger partial charge in [0.05, 0.1) is 15.1 Å². The van der Waals surface area contributed by atoms with Crippen LogP contribution in [0.15, 0.2) is 40.0 Å². The maximum Gasteiger partial charge on any atom is 0.261 e. The third-order valence-electron chi connectivity index (χ3n) is 2.85. The quantitative estimate of drug-likeness (QED) is 0.862. The number of sulfonamides is 1. The van der Waals surface area contributed by atoms with E-state index in [1.165, 1.54) is 37.5 Å². The summed E-state index contributed by atoms with van der Waals surface area (Å²) in [5, 5.41) is 0. The molecule has 0 aliphatic rings. The molecule has 112 valence electrons. The molecule has 0 saturated carbocycles. The van der Waals surface area contributed by atoms with Crippen LogP contribution in [0.1, 0.15) is 11.1 Å². The molecule has 2 rings (SSSR count). The molecule has 1 aromatic heterocycles. The van der Waals surface area contributed by atoms with Crippen molar-refractivity contribution in [3.05, 3.63) is 52.0 Å². The largest absolute Gasteiger partial charge is 0.326 e. The highest BCUT2D eigenvalue weighted by Gasteiger charge is 2.19. The van der Waals surface area contributed by atoms with Gasteiger partial charge in [-0.1, -0.05) is 0 Å². The first-order valence-electron chi connectivity index (χ1n) is 5.96. The predicted octanol–water partition coefficient (Wildman–Crippen LogP) is 2.55. The van der Waals surface area contributed by atoms with Gasteiger partial charge < -0.3 is 5.73 Å². The summed E-state index contributed by atoms with van der Waals surface area (Å²) in [7, 11) is -3.84. The van der Waals surface area contributed by atoms with Gasteiger partial charge in [-0.2, -0.15) is 0 Å². The molecule has 0 aliphatic heterocycles. The van der Waals surface area contributed by atoms with Crippen LogP contribution in [0.3, 0.4) is 0 Å². The van der Waals surface area contributed by atoms with E-state index in [-0.39, 0.29) is 22.6 Å². The third-order valence-corrected chi connectivity index (χ3v) is 4.83. The smallest absolute Gasteiger partial charge is 0.261 e. The molecule has 1 heterocycles. The van der Waals surface area contributed by atoms with Crippen molar-refractivity contribution in [2.24, 2.45) is 5.73 Å². The van der Waals surface area contributed by atoms with Crippen LogP contribution in [-0.2, 0) is 16.6 Å². The molecule has 21 heavy (non-hydrogen) atoms. The second-order valence-corrected chi connectivity index (χ2v) is 6.92. The molecule has 0 spiro atoms. The van der Waals surface area contributed by atoms with Crippen molar-refractivity contribution in [3.63, 3.8) is 0 Å². The molecule has 0 atom stereocenters. The van der Waals surface area contributed by atoms with Gasteiger partial charge in [-0.25, -0.2) is 12.8 Å². The van der Waals surface area contributed by atoms with E-state index in [1.54, 1.807) is 0 Å². The van der Waals surface area contributed by atoms with Crippen LogP contribution in [0, 0.1) is 12.7 Å². The Kier molecular flexibility index (Phi) is 4.60. The standard InChI is InChI=1S/C13H13BrFN3O2S/c1-8-4-10(5-9(6-16)13(8)15)21(19,20)18-12-2-3-17-7-11(12)14/h2-5,7H,6,16H2,1H3,(H,17,18). The lowest BCUT2D eigenvalue weighted by atomic mass is 10.1. The van der Waals surface area contributed by atoms with Crippen molar-refractivity contribution in [1.29, 1.82) is 0 Å². The average Bonchev–Trinajstić information content (AvgIpc) is 2.44. The molecular formula is C13H13BrFN3O2S. The maximum absolute atomic E-state index is 13.8. The Labute approximate surface area is 130 Å². The Morgan fingerprint density at radius 2 is 2.14 bits per heavy atom. The minimum Gasteiger partial charge on any atom is -0.326 e. The number of nitrogens with zero attached hydrogens (tertiary/aromatic N) is 1. The minimum absolute atomic E-state index is 0.0365. The number of hydrogen-bond acceptors (Lipinski definition) is 4. The zero-order chi connectivity index (χ0) is 15.6. The number of nitrogens with two attached hydrogens (primary N) is 1. The number of aromatic nitrogens is 1. The molecule has 0 unspecified atom stereocenters. The number of aryl methyl sites for hydroxylation is 1. The molecule has 0 fully saturated rings. The second kappa shape index (κ2) is 6.08. The molecule has 0 radical (unpaired) electrons. The molecule has 2 aromatic rings. The summed E-state index contributed by atoms with van der Waals surface area (Å²) in [5.74, 6) is -0.485. The summed E-state index contributed by atoms with van der Waals surface area (Å²) in [6, 6.07) is 4.02. The van der Waals surface area contributed by atoms with Crippen molar-refractivity contribution in [2.75, 3.05) is 4.72 Å². The Morgan fingerprint density at radius 3 is 2.76 bits per heavy atom. The van der Waals surface area contributed by atoms with Gasteiger partial charge in [0.25, 0.3) is 10.0 Å². The van der Waals surface area contributed by atoms with Crippen LogP contribution in [0.25, 0.3) is 0 Å². The van der Waals surface area contributed by atoms with E-state index >= 15 is 0 Å². The van der Waals surface area contributed by atoms with E-state index in [2.05, 4.69) is 25.6 Å². The normalized spacial score (nSPS) is 11.4. The summed E-state index contributed by atoms with van der Waals surface area (Å²) < 4.78 is 41.4. The minimum atomic E-state index is -3.84. The van der Waals surface area contributed by atoms with Crippen LogP contribution in [-0.4, -0.2) is 13.4 Å². The summed E-state index contributed by atoms with van der Waals surface area (Å²) in [6.45, 7) is 1.42. The zero-order valence-electron chi connectivity index (χ0n) is 11.1. The van der Waals surface area contributed by atoms with E-state index in [9.17, 15) is 12.8 Å². The predicted molar refractivity (Wildman–Crippen MR) is 81.8 cm³/mol. The highest BCUT2D eigenvalue weighted by atomic mass is 79.9. The van der Waals surface area contributed by atoms with E-state index in [4.69, 9.17) is 5.73 Å². The number of nitrogens with one attached hydrogen (secondary N) is 1. The Morgan fingerprint density at radius 1 is 1.43 bits per heavy atom. The highest BCUT2D eigenvalue weighted by molar-refractivity contribution is 9.10. The SMILES string of the molecule is Cc1cc(S(=O)(=O)Nc2ccncc2Br)cc(CN)c1F. The first-order valence-corrected chi connectivity index (χ1v) is 8.24. The van der Waals surface area contributed by atoms with Gasteiger partial charge in [0.1, 0.15) is 5.82 Å². The number of halogens is 2. The number of anilines is 1. The van der Waals surface area contributed by atoms with Crippen LogP contribution in [0.5, 0.6) is 0 Å². The summed E-state index contributed by atoms with van der Waals surface area (Å²) in [6.07, 6.45) is 2.93. The van der Waals surface area contributed by atoms with Crippen LogP contribution in [0.4, 0.5) is 10.1 Å². The van der Waals surface area contributed by atoms with Crippen molar-refractivity contribution < 1.29 is 12.8 Å². The molecule has 0 amide bonds. The topological polar surface area (TPSA) is 85.1 Å².